The number of nitrogens with two attached hydrogens (primary N) is 2. The summed E-state index contributed by atoms with van der Waals surface area (Å²) in [6.07, 6.45) is 0.740. The zero-order valence-electron chi connectivity index (χ0n) is 75.1. The number of pyridine rings is 2. The normalized spacial score (nSPS) is 19.0. The van der Waals surface area contributed by atoms with Gasteiger partial charge in [0.2, 0.25) is 11.8 Å². The second-order valence-electron chi connectivity index (χ2n) is 31.6. The number of amides is 4. The van der Waals surface area contributed by atoms with E-state index in [1.807, 2.05) is 38.1 Å². The van der Waals surface area contributed by atoms with Crippen molar-refractivity contribution < 1.29 is 176 Å². The second-order valence-corrected chi connectivity index (χ2v) is 44.2. The fraction of sp³-hybridized carbons (Fsp3) is 0.447. The molecule has 776 valence electrons. The summed E-state index contributed by atoms with van der Waals surface area (Å²) in [6.45, 7) is 4.79. The number of nitrogens with zero attached hydrogens (tertiary/aromatic N) is 12. The number of imidazole rings is 2. The van der Waals surface area contributed by atoms with Crippen LogP contribution in [-0.2, 0) is 107 Å². The molecule has 2 fully saturated rings. The van der Waals surface area contributed by atoms with Crippen LogP contribution in [0.4, 0.5) is 32.6 Å². The van der Waals surface area contributed by atoms with Crippen LogP contribution in [0.15, 0.2) is 141 Å². The van der Waals surface area contributed by atoms with Crippen molar-refractivity contribution in [3.63, 3.8) is 0 Å². The molecule has 10 aromatic rings. The van der Waals surface area contributed by atoms with Crippen molar-refractivity contribution in [2.75, 3.05) is 98.3 Å². The third kappa shape index (κ3) is 33.2. The number of hydrogen-bond acceptors (Lipinski definition) is 40. The highest BCUT2D eigenvalue weighted by molar-refractivity contribution is 7.85. The van der Waals surface area contributed by atoms with Crippen LogP contribution in [-0.4, -0.2) is 252 Å². The van der Waals surface area contributed by atoms with Crippen molar-refractivity contribution in [2.45, 2.75) is 140 Å². The minimum atomic E-state index is -5.63. The lowest BCUT2D eigenvalue weighted by Crippen LogP contribution is -2.42. The van der Waals surface area contributed by atoms with Gasteiger partial charge in [-0.2, -0.15) is 8.62 Å². The van der Waals surface area contributed by atoms with E-state index in [1.165, 1.54) is 21.8 Å². The van der Waals surface area contributed by atoms with Gasteiger partial charge in [0.25, 0.3) is 0 Å². The van der Waals surface area contributed by atoms with E-state index in [2.05, 4.69) is 74.1 Å². The molecule has 2 aromatic carbocycles. The number of hydrogen-bond donors (Lipinski definition) is 18. The number of fused-ring (bicyclic) bond motifs is 4. The van der Waals surface area contributed by atoms with Gasteiger partial charge in [0, 0.05) is 159 Å². The van der Waals surface area contributed by atoms with Gasteiger partial charge in [0.1, 0.15) is 72.4 Å². The predicted octanol–water partition coefficient (Wildman–Crippen LogP) is 1.75. The van der Waals surface area contributed by atoms with E-state index in [1.54, 1.807) is 82.5 Å². The number of aromatic nitrogens is 10. The molecule has 0 saturated carbocycles. The molecule has 2 aliphatic heterocycles. The van der Waals surface area contributed by atoms with Crippen LogP contribution in [0.3, 0.4) is 0 Å². The van der Waals surface area contributed by atoms with Gasteiger partial charge in [-0.05, 0) is 75.9 Å². The summed E-state index contributed by atoms with van der Waals surface area (Å²) in [5.41, 5.74) is 15.4. The van der Waals surface area contributed by atoms with E-state index in [0.29, 0.717) is 109 Å². The maximum Gasteiger partial charge on any atom is 0.480 e. The molecule has 58 nitrogen and oxygen atoms in total. The molecule has 8 aromatic heterocycles. The average Bonchev–Trinajstić information content (AvgIpc) is 1.58. The highest BCUT2D eigenvalue weighted by atomic mass is 32.2. The summed E-state index contributed by atoms with van der Waals surface area (Å²) in [6, 6.07) is 21.5. The van der Waals surface area contributed by atoms with Crippen LogP contribution in [0.1, 0.15) is 90.5 Å². The quantitative estimate of drug-likeness (QED) is 0.00849. The van der Waals surface area contributed by atoms with Crippen LogP contribution < -0.4 is 72.6 Å². The van der Waals surface area contributed by atoms with Crippen molar-refractivity contribution in [3.05, 3.63) is 144 Å². The molecule has 20 N–H and O–H groups in total. The SMILES string of the molecule is CCN(CCCCCC(=O)NCCNC(=O)O[C@@H]1[C@H](O)[C@@H](COP(=O)(O)OP(=O)(O)NP(=O)(O)O)O[C@H]1n1cnc2c(N)ncnc21)c1ccc2cc(-c3cc[n+](CCCS(=O)(=O)[O-])cc3)c(=O)oc2c1.CCN(CCCCCC(=O)NCCNC(=O)O[C@H]1[C@@H](O)[C@H](n2cnc3c(N)ncnc32)O[C@@H]1COP(=O)(O)OP(=O)(O)NP(=O)(O)O)c1ccc2cc(-c3cc[n+](CCCS(=O)(=O)[O-])cc3)c(=O)oc2c1. The zero-order chi connectivity index (χ0) is 103. The lowest BCUT2D eigenvalue weighted by atomic mass is 10.1. The summed E-state index contributed by atoms with van der Waals surface area (Å²) < 4.78 is 193. The van der Waals surface area contributed by atoms with Crippen molar-refractivity contribution >= 4 is 158 Å². The van der Waals surface area contributed by atoms with Crippen molar-refractivity contribution in [1.29, 1.82) is 0 Å². The Hall–Kier alpha value is -10.6. The molecule has 0 bridgehead atoms. The lowest BCUT2D eigenvalue weighted by Gasteiger charge is -2.23. The predicted molar refractivity (Wildman–Crippen MR) is 493 cm³/mol. The maximum atomic E-state index is 13.0. The largest absolute Gasteiger partial charge is 0.748 e. The molecule has 0 radical (unpaired) electrons. The Balaban J connectivity index is 0.000000271. The smallest absolute Gasteiger partial charge is 0.480 e. The summed E-state index contributed by atoms with van der Waals surface area (Å²) in [5.74, 6) is -1.58. The number of aliphatic hydroxyl groups excluding tert-OH is 2. The van der Waals surface area contributed by atoms with Crippen molar-refractivity contribution in [2.24, 2.45) is 0 Å². The summed E-state index contributed by atoms with van der Waals surface area (Å²) in [7, 11) is -41.9. The Morgan fingerprint density at radius 3 is 1.30 bits per heavy atom. The minimum Gasteiger partial charge on any atom is -0.748 e. The van der Waals surface area contributed by atoms with Gasteiger partial charge in [-0.3, -0.25) is 27.8 Å². The molecule has 2 aliphatic rings. The fourth-order valence-electron chi connectivity index (χ4n) is 14.7. The first-order valence-electron chi connectivity index (χ1n) is 43.0. The van der Waals surface area contributed by atoms with Gasteiger partial charge in [-0.1, -0.05) is 12.8 Å². The second kappa shape index (κ2) is 48.9. The summed E-state index contributed by atoms with van der Waals surface area (Å²) >= 11 is 0. The molecule has 12 rings (SSSR count). The number of phosphoric ester groups is 2. The molecule has 0 spiro atoms. The number of carbonyl (C=O) groups excluding carboxylic acids is 4. The van der Waals surface area contributed by atoms with Crippen LogP contribution in [0.2, 0.25) is 0 Å². The molecule has 2 saturated heterocycles. The van der Waals surface area contributed by atoms with Crippen LogP contribution in [0, 0.1) is 0 Å². The number of phosphoric acid groups is 2. The van der Waals surface area contributed by atoms with E-state index in [-0.39, 0.29) is 97.6 Å². The molecule has 4 unspecified atom stereocenters. The molecule has 0 aliphatic carbocycles. The highest BCUT2D eigenvalue weighted by Gasteiger charge is 2.52. The number of nitrogens with one attached hydrogen (secondary N) is 6. The number of anilines is 4. The Labute approximate surface area is 805 Å². The van der Waals surface area contributed by atoms with E-state index < -0.39 is 164 Å². The van der Waals surface area contributed by atoms with E-state index in [4.69, 9.17) is 63.3 Å². The number of unbranched alkanes of at least 4 members (excludes halogenated alkanes) is 4. The molecule has 142 heavy (non-hydrogen) atoms. The molecule has 12 atom stereocenters. The Kier molecular flexibility index (Phi) is 38.5. The molecule has 4 amide bonds. The van der Waals surface area contributed by atoms with Gasteiger partial charge in [0.05, 0.1) is 57.2 Å². The van der Waals surface area contributed by atoms with E-state index >= 15 is 0 Å². The highest BCUT2D eigenvalue weighted by Crippen LogP contribution is 2.63. The topological polar surface area (TPSA) is 847 Å². The third-order valence-electron chi connectivity index (χ3n) is 21.2. The van der Waals surface area contributed by atoms with E-state index in [9.17, 15) is 112 Å². The first-order valence-corrected chi connectivity index (χ1v) is 55.5. The Bertz CT molecular complexity index is 6830. The molecular weight excluding hydrogens is 2050 g/mol. The Morgan fingerprint density at radius 2 is 0.894 bits per heavy atom. The number of alkyl carbamates (subject to hydrolysis) is 2. The third-order valence-corrected chi connectivity index (χ3v) is 31.3. The molecular formula is C76H102N20O38P6S2. The fourth-order valence-corrected chi connectivity index (χ4v) is 22.5. The number of nitrogen functional groups attached to an aromatic ring is 2. The first kappa shape index (κ1) is 112. The average molecular weight is 2150 g/mol. The molecule has 66 heteroatoms. The maximum absolute atomic E-state index is 13.0. The number of rotatable bonds is 50. The Morgan fingerprint density at radius 1 is 0.500 bits per heavy atom. The van der Waals surface area contributed by atoms with E-state index in [0.717, 1.165) is 46.6 Å². The summed E-state index contributed by atoms with van der Waals surface area (Å²) in [4.78, 5) is 182. The molecule has 10 heterocycles. The lowest BCUT2D eigenvalue weighted by molar-refractivity contribution is -0.696. The van der Waals surface area contributed by atoms with Gasteiger partial charge in [0.15, 0.2) is 72.4 Å². The van der Waals surface area contributed by atoms with Crippen molar-refractivity contribution in [3.8, 4) is 22.3 Å². The van der Waals surface area contributed by atoms with Gasteiger partial charge in [-0.25, -0.2) is 102 Å². The van der Waals surface area contributed by atoms with Crippen LogP contribution in [0.25, 0.3) is 66.5 Å². The van der Waals surface area contributed by atoms with Gasteiger partial charge in [-0.15, -0.1) is 9.72 Å². The minimum absolute atomic E-state index is 0.00788. The standard InChI is InChI=1S/2C38H51N10O19P3S/c1-2-47(26-9-8-25-19-27(37(51)65-28(25)20-26)24-10-16-46(17-11-24)14-6-18-71(60,61)62)15-5-3-4-7-30(49)40-12-13-41-38(52)66-33-29(21-63-70(58,59)67-69(56,57)45-68(53,54)55)64-36(32(33)50)48-23-44-31-34(39)42-22-43-35(31)48;1-2-47(26-9-8-25-19-27(37(51)65-28(25)20-26)24-10-16-46(17-11-24)14-6-18-71(60,61)62)15-5-3-4-7-30(49)40-12-13-41-38(52)66-33-32(50)29(21-63-70(58,59)67-69(56,57)45-68(53,54)55)64-36(33)48-23-44-31-34(39)42-22-43-35(31)48/h2*8-11,16-17,19-20,22-23,29,32-33,36,50H,2-7,12-15,18,21H2,1H3,(H9-,39,40,41,42,43,45,49,52,53,54,55,56,57,58,59,60,61,62)/t2*29-,32-,33-,36-/m11/s1. The number of aryl methyl sites for hydroxylation is 2. The van der Waals surface area contributed by atoms with Crippen LogP contribution in [0.5, 0.6) is 0 Å². The number of carbonyl (C=O) groups is 4. The first-order chi connectivity index (χ1) is 66.8. The van der Waals surface area contributed by atoms with Crippen LogP contribution >= 0.6 is 46.6 Å². The van der Waals surface area contributed by atoms with Gasteiger partial charge >= 0.3 is 70.1 Å². The van der Waals surface area contributed by atoms with Crippen molar-refractivity contribution in [1.82, 2.24) is 70.0 Å². The number of benzene rings is 2. The number of aliphatic hydroxyl groups is 2. The van der Waals surface area contributed by atoms with Gasteiger partial charge < -0.3 is 129 Å². The monoisotopic (exact) mass is 2150 g/mol. The number of ether oxygens (including phenoxy) is 4. The summed E-state index contributed by atoms with van der Waals surface area (Å²) in [5, 5.41) is 34.0. The zero-order valence-corrected chi connectivity index (χ0v) is 82.1.